The van der Waals surface area contributed by atoms with Gasteiger partial charge in [-0.25, -0.2) is 0 Å². The SMILES string of the molecule is C[C@H]1[C@H]([Si](C)(C)F)[C@@H](CC(=O)N2Cc3ccccc3C[C@H]2CO)O[C@]12C(=O)N(Cc1cccc(NC(=O)c3ccc(N)cc3)c1)c1ccc(Cl)cc12. The molecule has 12 heteroatoms. The molecule has 0 aliphatic carbocycles. The zero-order valence-corrected chi connectivity index (χ0v) is 31.1. The second-order valence-corrected chi connectivity index (χ2v) is 18.9. The molecule has 4 N–H and O–H groups in total. The lowest BCUT2D eigenvalue weighted by molar-refractivity contribution is -0.151. The van der Waals surface area contributed by atoms with Crippen molar-refractivity contribution in [2.45, 2.75) is 69.2 Å². The number of benzene rings is 4. The van der Waals surface area contributed by atoms with Gasteiger partial charge in [0.1, 0.15) is 0 Å². The lowest BCUT2D eigenvalue weighted by Gasteiger charge is -2.37. The van der Waals surface area contributed by atoms with Gasteiger partial charge >= 0.3 is 0 Å². The van der Waals surface area contributed by atoms with Gasteiger partial charge in [-0.15, -0.1) is 0 Å². The summed E-state index contributed by atoms with van der Waals surface area (Å²) in [6.45, 7) is 5.32. The fraction of sp³-hybridized carbons (Fsp3) is 0.325. The van der Waals surface area contributed by atoms with E-state index >= 15 is 4.11 Å². The lowest BCUT2D eigenvalue weighted by atomic mass is 9.82. The van der Waals surface area contributed by atoms with E-state index in [9.17, 15) is 19.5 Å². The van der Waals surface area contributed by atoms with Crippen LogP contribution in [0.3, 0.4) is 0 Å². The van der Waals surface area contributed by atoms with Crippen molar-refractivity contribution in [1.29, 1.82) is 0 Å². The number of fused-ring (bicyclic) bond motifs is 3. The van der Waals surface area contributed by atoms with Crippen molar-refractivity contribution in [3.05, 3.63) is 124 Å². The molecule has 5 atom stereocenters. The van der Waals surface area contributed by atoms with E-state index in [1.165, 1.54) is 0 Å². The first-order chi connectivity index (χ1) is 24.8. The number of carbonyl (C=O) groups is 3. The standard InChI is InChI=1S/C40H42ClFN4O5Si/c1-24-37(52(2,3)42)35(20-36(48)45-22-28-9-5-4-8-27(28)18-32(45)23-47)51-40(24)33-19-29(41)13-16-34(33)46(39(40)50)21-25-7-6-10-31(17-25)44-38(49)26-11-14-30(43)15-12-26/h4-17,19,24,32,35,37,47H,18,20-23,43H2,1-3H3,(H,44,49)/t24-,32-,35+,37-,40+/m0/s1. The number of nitrogens with two attached hydrogens (primary N) is 1. The topological polar surface area (TPSA) is 125 Å². The maximum absolute atomic E-state index is 16.5. The van der Waals surface area contributed by atoms with E-state index in [1.807, 2.05) is 37.3 Å². The average Bonchev–Trinajstić information content (AvgIpc) is 3.53. The molecule has 1 spiro atoms. The van der Waals surface area contributed by atoms with E-state index in [2.05, 4.69) is 5.32 Å². The highest BCUT2D eigenvalue weighted by Crippen LogP contribution is 2.60. The number of nitrogen functional groups attached to an aromatic ring is 1. The average molecular weight is 741 g/mol. The normalized spacial score (nSPS) is 23.8. The van der Waals surface area contributed by atoms with Gasteiger partial charge in [0.05, 0.1) is 37.4 Å². The molecule has 9 nitrogen and oxygen atoms in total. The molecular weight excluding hydrogens is 699 g/mol. The summed E-state index contributed by atoms with van der Waals surface area (Å²) in [6.07, 6.45) is -0.495. The number of halogens is 2. The Balaban J connectivity index is 1.18. The summed E-state index contributed by atoms with van der Waals surface area (Å²) in [5.41, 5.74) is 9.05. The Morgan fingerprint density at radius 3 is 2.48 bits per heavy atom. The minimum atomic E-state index is -3.55. The van der Waals surface area contributed by atoms with Gasteiger partial charge in [-0.05, 0) is 90.8 Å². The molecule has 0 aromatic heterocycles. The second-order valence-electron chi connectivity index (χ2n) is 14.6. The summed E-state index contributed by atoms with van der Waals surface area (Å²) in [4.78, 5) is 45.2. The van der Waals surface area contributed by atoms with Crippen LogP contribution in [0.2, 0.25) is 23.7 Å². The third kappa shape index (κ3) is 6.40. The van der Waals surface area contributed by atoms with E-state index < -0.39 is 37.6 Å². The molecular formula is C40H42ClFN4O5Si. The minimum absolute atomic E-state index is 0.130. The fourth-order valence-electron chi connectivity index (χ4n) is 8.48. The van der Waals surface area contributed by atoms with Crippen molar-refractivity contribution in [3.63, 3.8) is 0 Å². The monoisotopic (exact) mass is 740 g/mol. The Hall–Kier alpha value is -4.55. The van der Waals surface area contributed by atoms with Gasteiger partial charge in [0.15, 0.2) is 5.60 Å². The maximum atomic E-state index is 16.5. The van der Waals surface area contributed by atoms with Gasteiger partial charge in [0, 0.05) is 45.5 Å². The largest absolute Gasteiger partial charge is 0.399 e. The zero-order chi connectivity index (χ0) is 36.9. The van der Waals surface area contributed by atoms with Crippen LogP contribution in [-0.4, -0.2) is 54.9 Å². The fourth-order valence-corrected chi connectivity index (χ4v) is 11.1. The van der Waals surface area contributed by atoms with Gasteiger partial charge in [0.25, 0.3) is 11.8 Å². The molecule has 3 amide bonds. The predicted octanol–water partition coefficient (Wildman–Crippen LogP) is 6.83. The van der Waals surface area contributed by atoms with E-state index in [4.69, 9.17) is 22.1 Å². The number of aliphatic hydroxyl groups excluding tert-OH is 1. The number of aliphatic hydroxyl groups is 1. The van der Waals surface area contributed by atoms with Crippen LogP contribution in [0.15, 0.2) is 91.0 Å². The van der Waals surface area contributed by atoms with Crippen LogP contribution in [0.1, 0.15) is 46.0 Å². The molecule has 0 bridgehead atoms. The van der Waals surface area contributed by atoms with E-state index in [0.29, 0.717) is 46.2 Å². The van der Waals surface area contributed by atoms with Crippen LogP contribution in [-0.2, 0) is 39.4 Å². The van der Waals surface area contributed by atoms with Gasteiger partial charge in [-0.2, -0.15) is 0 Å². The molecule has 3 heterocycles. The van der Waals surface area contributed by atoms with Gasteiger partial charge in [-0.3, -0.25) is 14.4 Å². The Morgan fingerprint density at radius 2 is 1.77 bits per heavy atom. The van der Waals surface area contributed by atoms with Gasteiger partial charge in [-0.1, -0.05) is 54.9 Å². The van der Waals surface area contributed by atoms with Crippen molar-refractivity contribution in [2.75, 3.05) is 22.6 Å². The molecule has 7 rings (SSSR count). The van der Waals surface area contributed by atoms with Crippen molar-refractivity contribution in [2.24, 2.45) is 5.92 Å². The van der Waals surface area contributed by atoms with Gasteiger partial charge < -0.3 is 34.8 Å². The summed E-state index contributed by atoms with van der Waals surface area (Å²) in [7, 11) is -3.55. The number of hydrogen-bond donors (Lipinski definition) is 3. The summed E-state index contributed by atoms with van der Waals surface area (Å²) in [5.74, 6) is -1.53. The number of nitrogens with zero attached hydrogens (tertiary/aromatic N) is 2. The van der Waals surface area contributed by atoms with Crippen molar-refractivity contribution in [1.82, 2.24) is 4.90 Å². The lowest BCUT2D eigenvalue weighted by Crippen LogP contribution is -2.48. The summed E-state index contributed by atoms with van der Waals surface area (Å²) in [6, 6.07) is 26.5. The molecule has 52 heavy (non-hydrogen) atoms. The molecule has 4 aromatic rings. The first-order valence-corrected chi connectivity index (χ1v) is 20.8. The molecule has 3 aliphatic heterocycles. The summed E-state index contributed by atoms with van der Waals surface area (Å²) >= 11 is 6.56. The quantitative estimate of drug-likeness (QED) is 0.103. The number of ether oxygens (including phenoxy) is 1. The Morgan fingerprint density at radius 1 is 1.04 bits per heavy atom. The van der Waals surface area contributed by atoms with Crippen LogP contribution in [0.5, 0.6) is 0 Å². The number of rotatable bonds is 8. The number of amides is 3. The molecule has 270 valence electrons. The number of nitrogens with one attached hydrogen (secondary N) is 1. The molecule has 0 radical (unpaired) electrons. The van der Waals surface area contributed by atoms with Crippen LogP contribution in [0.25, 0.3) is 0 Å². The smallest absolute Gasteiger partial charge is 0.264 e. The summed E-state index contributed by atoms with van der Waals surface area (Å²) in [5, 5.41) is 13.6. The molecule has 4 aromatic carbocycles. The van der Waals surface area contributed by atoms with Crippen LogP contribution >= 0.6 is 11.6 Å². The highest BCUT2D eigenvalue weighted by molar-refractivity contribution is 6.72. The highest BCUT2D eigenvalue weighted by Gasteiger charge is 2.67. The van der Waals surface area contributed by atoms with Crippen molar-refractivity contribution < 1.29 is 28.3 Å². The minimum Gasteiger partial charge on any atom is -0.399 e. The zero-order valence-electron chi connectivity index (χ0n) is 29.3. The van der Waals surface area contributed by atoms with Crippen molar-refractivity contribution >= 4 is 54.8 Å². The predicted molar refractivity (Wildman–Crippen MR) is 202 cm³/mol. The third-order valence-corrected chi connectivity index (χ3v) is 13.6. The molecule has 0 saturated carbocycles. The Labute approximate surface area is 308 Å². The number of anilines is 3. The Bertz CT molecular complexity index is 2040. The third-order valence-electron chi connectivity index (χ3n) is 10.9. The van der Waals surface area contributed by atoms with Crippen LogP contribution in [0, 0.1) is 5.92 Å². The molecule has 1 saturated heterocycles. The summed E-state index contributed by atoms with van der Waals surface area (Å²) < 4.78 is 23.3. The molecule has 3 aliphatic rings. The number of carbonyl (C=O) groups excluding carboxylic acids is 3. The van der Waals surface area contributed by atoms with E-state index in [-0.39, 0.29) is 37.3 Å². The van der Waals surface area contributed by atoms with E-state index in [1.54, 1.807) is 83.6 Å². The molecule has 1 fully saturated rings. The first kappa shape index (κ1) is 35.8. The van der Waals surface area contributed by atoms with Crippen molar-refractivity contribution in [3.8, 4) is 0 Å². The highest BCUT2D eigenvalue weighted by atomic mass is 35.5. The van der Waals surface area contributed by atoms with Gasteiger partial charge in [0.2, 0.25) is 14.3 Å². The second kappa shape index (κ2) is 13.8. The maximum Gasteiger partial charge on any atom is 0.264 e. The Kier molecular flexibility index (Phi) is 9.49. The van der Waals surface area contributed by atoms with Crippen LogP contribution in [0.4, 0.5) is 21.2 Å². The molecule has 0 unspecified atom stereocenters. The first-order valence-electron chi connectivity index (χ1n) is 17.5. The number of hydrogen-bond acceptors (Lipinski definition) is 6. The van der Waals surface area contributed by atoms with E-state index in [0.717, 1.165) is 16.7 Å². The van der Waals surface area contributed by atoms with Crippen LogP contribution < -0.4 is 16.0 Å².